The van der Waals surface area contributed by atoms with Crippen molar-refractivity contribution in [1.82, 2.24) is 4.98 Å². The highest BCUT2D eigenvalue weighted by Crippen LogP contribution is 2.33. The van der Waals surface area contributed by atoms with E-state index in [1.54, 1.807) is 13.0 Å². The molecule has 0 saturated heterocycles. The molecule has 0 saturated carbocycles. The molecule has 0 aliphatic rings. The molecule has 1 aromatic heterocycles. The molecule has 0 radical (unpaired) electrons. The largest absolute Gasteiger partial charge is 0.278 e. The summed E-state index contributed by atoms with van der Waals surface area (Å²) in [6, 6.07) is 4.26. The van der Waals surface area contributed by atoms with E-state index < -0.39 is 10.0 Å². The summed E-state index contributed by atoms with van der Waals surface area (Å²) < 4.78 is 27.8. The van der Waals surface area contributed by atoms with Gasteiger partial charge in [-0.05, 0) is 46.6 Å². The zero-order chi connectivity index (χ0) is 15.8. The first-order valence-corrected chi connectivity index (χ1v) is 8.91. The number of halogens is 4. The van der Waals surface area contributed by atoms with Crippen molar-refractivity contribution in [3.8, 4) is 0 Å². The molecule has 1 N–H and O–H groups in total. The van der Waals surface area contributed by atoms with E-state index in [2.05, 4.69) is 25.6 Å². The van der Waals surface area contributed by atoms with E-state index in [1.165, 1.54) is 18.3 Å². The van der Waals surface area contributed by atoms with Crippen molar-refractivity contribution in [3.05, 3.63) is 49.6 Å². The number of rotatable bonds is 3. The Morgan fingerprint density at radius 1 is 1.14 bits per heavy atom. The van der Waals surface area contributed by atoms with Crippen molar-refractivity contribution < 1.29 is 8.42 Å². The molecule has 2 rings (SSSR count). The molecule has 0 fully saturated rings. The van der Waals surface area contributed by atoms with E-state index in [1.807, 2.05) is 0 Å². The molecule has 1 aromatic carbocycles. The smallest absolute Gasteiger partial charge is 0.264 e. The maximum atomic E-state index is 12.4. The van der Waals surface area contributed by atoms with Crippen LogP contribution in [0.2, 0.25) is 15.1 Å². The number of hydrogen-bond donors (Lipinski definition) is 1. The zero-order valence-corrected chi connectivity index (χ0v) is 15.2. The van der Waals surface area contributed by atoms with E-state index in [0.717, 1.165) is 5.56 Å². The van der Waals surface area contributed by atoms with Crippen LogP contribution in [-0.2, 0) is 10.0 Å². The highest BCUT2D eigenvalue weighted by Gasteiger charge is 2.23. The van der Waals surface area contributed by atoms with Gasteiger partial charge in [0.05, 0.1) is 21.9 Å². The number of nitrogens with zero attached hydrogens (tertiary/aromatic N) is 1. The van der Waals surface area contributed by atoms with Crippen molar-refractivity contribution in [1.29, 1.82) is 0 Å². The van der Waals surface area contributed by atoms with Crippen LogP contribution in [0.4, 0.5) is 5.69 Å². The summed E-state index contributed by atoms with van der Waals surface area (Å²) >= 11 is 20.9. The number of benzene rings is 1. The van der Waals surface area contributed by atoms with Crippen molar-refractivity contribution >= 4 is 66.4 Å². The lowest BCUT2D eigenvalue weighted by molar-refractivity contribution is 0.601. The van der Waals surface area contributed by atoms with Gasteiger partial charge in [-0.25, -0.2) is 13.4 Å². The first-order valence-electron chi connectivity index (χ1n) is 5.50. The fourth-order valence-electron chi connectivity index (χ4n) is 1.61. The molecule has 4 nitrogen and oxygen atoms in total. The number of sulfonamides is 1. The number of pyridine rings is 1. The van der Waals surface area contributed by atoms with Gasteiger partial charge in [-0.15, -0.1) is 0 Å². The third-order valence-corrected chi connectivity index (χ3v) is 5.85. The number of aryl methyl sites for hydroxylation is 1. The Kier molecular flexibility index (Phi) is 5.05. The average molecular weight is 431 g/mol. The minimum absolute atomic E-state index is 0.0539. The summed E-state index contributed by atoms with van der Waals surface area (Å²) in [5, 5.41) is 0.147. The van der Waals surface area contributed by atoms with Gasteiger partial charge in [0.25, 0.3) is 10.0 Å². The molecule has 0 amide bonds. The lowest BCUT2D eigenvalue weighted by atomic mass is 10.3. The van der Waals surface area contributed by atoms with Crippen LogP contribution in [0.15, 0.2) is 33.9 Å². The summed E-state index contributed by atoms with van der Waals surface area (Å²) in [7, 11) is -3.95. The van der Waals surface area contributed by atoms with Crippen molar-refractivity contribution in [3.63, 3.8) is 0 Å². The number of anilines is 1. The second kappa shape index (κ2) is 6.30. The highest BCUT2D eigenvalue weighted by atomic mass is 79.9. The normalized spacial score (nSPS) is 11.5. The Morgan fingerprint density at radius 2 is 1.71 bits per heavy atom. The molecule has 0 aliphatic carbocycles. The highest BCUT2D eigenvalue weighted by molar-refractivity contribution is 9.10. The molecule has 0 spiro atoms. The third-order valence-electron chi connectivity index (χ3n) is 2.50. The van der Waals surface area contributed by atoms with Crippen LogP contribution < -0.4 is 4.72 Å². The molecule has 0 bridgehead atoms. The van der Waals surface area contributed by atoms with E-state index in [9.17, 15) is 8.42 Å². The number of hydrogen-bond acceptors (Lipinski definition) is 3. The molecule has 21 heavy (non-hydrogen) atoms. The molecule has 0 unspecified atom stereocenters. The number of aromatic nitrogens is 1. The third kappa shape index (κ3) is 3.81. The standard InChI is InChI=1S/C12H8BrCl3N2O2S/c1-6-2-8(5-17-12(6)13)18-21(19,20)11-9(15)3-7(14)4-10(11)16/h2-5,18H,1H3. The first kappa shape index (κ1) is 16.8. The summed E-state index contributed by atoms with van der Waals surface area (Å²) in [6.45, 7) is 1.79. The molecular weight excluding hydrogens is 422 g/mol. The van der Waals surface area contributed by atoms with Gasteiger partial charge in [-0.1, -0.05) is 34.8 Å². The van der Waals surface area contributed by atoms with E-state index in [4.69, 9.17) is 34.8 Å². The summed E-state index contributed by atoms with van der Waals surface area (Å²) in [6.07, 6.45) is 1.38. The van der Waals surface area contributed by atoms with E-state index in [-0.39, 0.29) is 20.0 Å². The van der Waals surface area contributed by atoms with Gasteiger partial charge in [-0.2, -0.15) is 0 Å². The predicted octanol–water partition coefficient (Wildman–Crippen LogP) is 4.91. The second-order valence-electron chi connectivity index (χ2n) is 4.14. The Morgan fingerprint density at radius 3 is 2.24 bits per heavy atom. The Balaban J connectivity index is 2.46. The van der Waals surface area contributed by atoms with E-state index >= 15 is 0 Å². The van der Waals surface area contributed by atoms with Crippen molar-refractivity contribution in [2.45, 2.75) is 11.8 Å². The Hall–Kier alpha value is -0.530. The zero-order valence-electron chi connectivity index (χ0n) is 10.5. The van der Waals surface area contributed by atoms with Crippen molar-refractivity contribution in [2.75, 3.05) is 4.72 Å². The molecular formula is C12H8BrCl3N2O2S. The van der Waals surface area contributed by atoms with Crippen LogP contribution in [0.5, 0.6) is 0 Å². The summed E-state index contributed by atoms with van der Waals surface area (Å²) in [5.41, 5.74) is 1.08. The summed E-state index contributed by atoms with van der Waals surface area (Å²) in [4.78, 5) is 3.79. The minimum Gasteiger partial charge on any atom is -0.278 e. The van der Waals surface area contributed by atoms with Gasteiger partial charge in [-0.3, -0.25) is 4.72 Å². The van der Waals surface area contributed by atoms with Gasteiger partial charge in [0.15, 0.2) is 0 Å². The average Bonchev–Trinajstić information content (AvgIpc) is 2.31. The van der Waals surface area contributed by atoms with Gasteiger partial charge < -0.3 is 0 Å². The molecule has 9 heteroatoms. The van der Waals surface area contributed by atoms with Crippen LogP contribution in [0, 0.1) is 6.92 Å². The maximum absolute atomic E-state index is 12.4. The first-order chi connectivity index (χ1) is 9.70. The maximum Gasteiger partial charge on any atom is 0.264 e. The lowest BCUT2D eigenvalue weighted by Gasteiger charge is -2.12. The van der Waals surface area contributed by atoms with Crippen molar-refractivity contribution in [2.24, 2.45) is 0 Å². The lowest BCUT2D eigenvalue weighted by Crippen LogP contribution is -2.14. The van der Waals surface area contributed by atoms with E-state index in [0.29, 0.717) is 10.3 Å². The van der Waals surface area contributed by atoms with Crippen LogP contribution in [0.3, 0.4) is 0 Å². The number of nitrogens with one attached hydrogen (secondary N) is 1. The molecule has 1 heterocycles. The molecule has 2 aromatic rings. The van der Waals surface area contributed by atoms with Gasteiger partial charge in [0.1, 0.15) is 9.50 Å². The topological polar surface area (TPSA) is 59.1 Å². The Labute approximate surface area is 145 Å². The predicted molar refractivity (Wildman–Crippen MR) is 89.0 cm³/mol. The quantitative estimate of drug-likeness (QED) is 0.704. The molecule has 0 atom stereocenters. The van der Waals surface area contributed by atoms with Crippen LogP contribution in [-0.4, -0.2) is 13.4 Å². The van der Waals surface area contributed by atoms with Crippen LogP contribution in [0.25, 0.3) is 0 Å². The summed E-state index contributed by atoms with van der Waals surface area (Å²) in [5.74, 6) is 0. The van der Waals surface area contributed by atoms with Gasteiger partial charge in [0, 0.05) is 5.02 Å². The SMILES string of the molecule is Cc1cc(NS(=O)(=O)c2c(Cl)cc(Cl)cc2Cl)cnc1Br. The fraction of sp³-hybridized carbons (Fsp3) is 0.0833. The van der Waals surface area contributed by atoms with Gasteiger partial charge in [0.2, 0.25) is 0 Å². The van der Waals surface area contributed by atoms with Crippen LogP contribution >= 0.6 is 50.7 Å². The molecule has 0 aliphatic heterocycles. The van der Waals surface area contributed by atoms with Gasteiger partial charge >= 0.3 is 0 Å². The second-order valence-corrected chi connectivity index (χ2v) is 7.76. The molecule has 112 valence electrons. The fourth-order valence-corrected chi connectivity index (χ4v) is 4.40. The Bertz CT molecular complexity index is 789. The minimum atomic E-state index is -3.95. The monoisotopic (exact) mass is 428 g/mol. The van der Waals surface area contributed by atoms with Crippen LogP contribution in [0.1, 0.15) is 5.56 Å².